The SMILES string of the molecule is Cc1cc(C)cc(C(N)CCN(C)c2ccc(F)cc2)c1. The topological polar surface area (TPSA) is 29.3 Å². The number of hydrogen-bond donors (Lipinski definition) is 1. The molecule has 0 radical (unpaired) electrons. The molecule has 0 amide bonds. The first-order valence-electron chi connectivity index (χ1n) is 7.26. The predicted octanol–water partition coefficient (Wildman–Crippen LogP) is 3.97. The Hall–Kier alpha value is -1.87. The van der Waals surface area contributed by atoms with Crippen LogP contribution in [0, 0.1) is 19.7 Å². The number of rotatable bonds is 5. The quantitative estimate of drug-likeness (QED) is 0.901. The van der Waals surface area contributed by atoms with Crippen LogP contribution in [-0.4, -0.2) is 13.6 Å². The number of anilines is 1. The number of halogens is 1. The Labute approximate surface area is 126 Å². The standard InChI is InChI=1S/C18H23FN2/c1-13-10-14(2)12-15(11-13)18(20)8-9-21(3)17-6-4-16(19)5-7-17/h4-7,10-12,18H,8-9,20H2,1-3H3. The molecule has 0 saturated carbocycles. The largest absolute Gasteiger partial charge is 0.375 e. The van der Waals surface area contributed by atoms with Gasteiger partial charge in [0.25, 0.3) is 0 Å². The number of nitrogens with zero attached hydrogens (tertiary/aromatic N) is 1. The molecule has 0 saturated heterocycles. The zero-order valence-corrected chi connectivity index (χ0v) is 12.9. The average Bonchev–Trinajstić information content (AvgIpc) is 2.44. The molecular weight excluding hydrogens is 263 g/mol. The maximum absolute atomic E-state index is 12.9. The number of benzene rings is 2. The zero-order valence-electron chi connectivity index (χ0n) is 12.9. The van der Waals surface area contributed by atoms with E-state index in [1.165, 1.54) is 28.8 Å². The average molecular weight is 286 g/mol. The number of nitrogens with two attached hydrogens (primary N) is 1. The molecule has 1 unspecified atom stereocenters. The summed E-state index contributed by atoms with van der Waals surface area (Å²) in [5, 5.41) is 0. The minimum Gasteiger partial charge on any atom is -0.375 e. The molecule has 0 aromatic heterocycles. The van der Waals surface area contributed by atoms with Crippen LogP contribution in [0.1, 0.15) is 29.2 Å². The van der Waals surface area contributed by atoms with E-state index in [9.17, 15) is 4.39 Å². The highest BCUT2D eigenvalue weighted by atomic mass is 19.1. The van der Waals surface area contributed by atoms with Crippen molar-refractivity contribution in [2.45, 2.75) is 26.3 Å². The summed E-state index contributed by atoms with van der Waals surface area (Å²) in [6.07, 6.45) is 0.858. The third kappa shape index (κ3) is 4.30. The van der Waals surface area contributed by atoms with Crippen LogP contribution in [-0.2, 0) is 0 Å². The Balaban J connectivity index is 1.97. The normalized spacial score (nSPS) is 12.2. The van der Waals surface area contributed by atoms with Crippen molar-refractivity contribution in [3.05, 3.63) is 65.0 Å². The maximum Gasteiger partial charge on any atom is 0.123 e. The molecule has 0 aliphatic carbocycles. The lowest BCUT2D eigenvalue weighted by atomic mass is 9.99. The van der Waals surface area contributed by atoms with Gasteiger partial charge in [-0.2, -0.15) is 0 Å². The second-order valence-corrected chi connectivity index (χ2v) is 5.71. The molecule has 2 rings (SSSR count). The Bertz CT molecular complexity index is 572. The van der Waals surface area contributed by atoms with Gasteiger partial charge in [0.05, 0.1) is 0 Å². The van der Waals surface area contributed by atoms with Crippen molar-refractivity contribution in [3.63, 3.8) is 0 Å². The van der Waals surface area contributed by atoms with Gasteiger partial charge in [0.15, 0.2) is 0 Å². The van der Waals surface area contributed by atoms with Gasteiger partial charge in [0.1, 0.15) is 5.82 Å². The highest BCUT2D eigenvalue weighted by Gasteiger charge is 2.09. The monoisotopic (exact) mass is 286 g/mol. The highest BCUT2D eigenvalue weighted by Crippen LogP contribution is 2.20. The second kappa shape index (κ2) is 6.72. The van der Waals surface area contributed by atoms with Gasteiger partial charge in [-0.1, -0.05) is 29.3 Å². The maximum atomic E-state index is 12.9. The Morgan fingerprint density at radius 3 is 2.19 bits per heavy atom. The zero-order chi connectivity index (χ0) is 15.4. The molecule has 2 aromatic rings. The fourth-order valence-electron chi connectivity index (χ4n) is 2.55. The summed E-state index contributed by atoms with van der Waals surface area (Å²) in [6, 6.07) is 13.0. The molecule has 0 spiro atoms. The van der Waals surface area contributed by atoms with Gasteiger partial charge in [-0.15, -0.1) is 0 Å². The van der Waals surface area contributed by atoms with Gasteiger partial charge < -0.3 is 10.6 Å². The van der Waals surface area contributed by atoms with Crippen LogP contribution in [0.5, 0.6) is 0 Å². The molecule has 0 heterocycles. The molecule has 2 aromatic carbocycles. The molecule has 3 heteroatoms. The van der Waals surface area contributed by atoms with E-state index in [0.29, 0.717) is 0 Å². The van der Waals surface area contributed by atoms with Gasteiger partial charge >= 0.3 is 0 Å². The Kier molecular flexibility index (Phi) is 4.97. The molecular formula is C18H23FN2. The van der Waals surface area contributed by atoms with Crippen LogP contribution in [0.25, 0.3) is 0 Å². The van der Waals surface area contributed by atoms with Crippen molar-refractivity contribution < 1.29 is 4.39 Å². The van der Waals surface area contributed by atoms with Crippen molar-refractivity contribution in [1.82, 2.24) is 0 Å². The van der Waals surface area contributed by atoms with E-state index in [1.54, 1.807) is 12.1 Å². The summed E-state index contributed by atoms with van der Waals surface area (Å²) in [5.41, 5.74) is 11.0. The van der Waals surface area contributed by atoms with E-state index in [2.05, 4.69) is 36.9 Å². The summed E-state index contributed by atoms with van der Waals surface area (Å²) >= 11 is 0. The molecule has 2 N–H and O–H groups in total. The van der Waals surface area contributed by atoms with Gasteiger partial charge in [-0.25, -0.2) is 4.39 Å². The molecule has 0 fully saturated rings. The van der Waals surface area contributed by atoms with Crippen molar-refractivity contribution in [2.75, 3.05) is 18.5 Å². The molecule has 0 bridgehead atoms. The molecule has 1 atom stereocenters. The summed E-state index contributed by atoms with van der Waals surface area (Å²) < 4.78 is 12.9. The van der Waals surface area contributed by atoms with Crippen molar-refractivity contribution in [2.24, 2.45) is 5.73 Å². The van der Waals surface area contributed by atoms with Crippen LogP contribution in [0.4, 0.5) is 10.1 Å². The van der Waals surface area contributed by atoms with Crippen molar-refractivity contribution in [3.8, 4) is 0 Å². The van der Waals surface area contributed by atoms with Gasteiger partial charge in [-0.3, -0.25) is 0 Å². The number of aryl methyl sites for hydroxylation is 2. The Morgan fingerprint density at radius 1 is 1.05 bits per heavy atom. The van der Waals surface area contributed by atoms with E-state index in [0.717, 1.165) is 18.7 Å². The van der Waals surface area contributed by atoms with Crippen LogP contribution >= 0.6 is 0 Å². The lowest BCUT2D eigenvalue weighted by molar-refractivity contribution is 0.626. The molecule has 0 aliphatic rings. The van der Waals surface area contributed by atoms with Crippen LogP contribution in [0.3, 0.4) is 0 Å². The molecule has 112 valence electrons. The lowest BCUT2D eigenvalue weighted by Crippen LogP contribution is -2.23. The van der Waals surface area contributed by atoms with E-state index in [4.69, 9.17) is 5.73 Å². The number of hydrogen-bond acceptors (Lipinski definition) is 2. The third-order valence-electron chi connectivity index (χ3n) is 3.72. The first kappa shape index (κ1) is 15.5. The van der Waals surface area contributed by atoms with Crippen molar-refractivity contribution in [1.29, 1.82) is 0 Å². The van der Waals surface area contributed by atoms with Crippen molar-refractivity contribution >= 4 is 5.69 Å². The summed E-state index contributed by atoms with van der Waals surface area (Å²) in [6.45, 7) is 5.02. The van der Waals surface area contributed by atoms with E-state index in [-0.39, 0.29) is 11.9 Å². The fraction of sp³-hybridized carbons (Fsp3) is 0.333. The molecule has 21 heavy (non-hydrogen) atoms. The summed E-state index contributed by atoms with van der Waals surface area (Å²) in [7, 11) is 2.00. The summed E-state index contributed by atoms with van der Waals surface area (Å²) in [4.78, 5) is 2.10. The van der Waals surface area contributed by atoms with E-state index < -0.39 is 0 Å². The van der Waals surface area contributed by atoms with E-state index >= 15 is 0 Å². The first-order chi connectivity index (χ1) is 9.95. The lowest BCUT2D eigenvalue weighted by Gasteiger charge is -2.22. The van der Waals surface area contributed by atoms with E-state index in [1.807, 2.05) is 7.05 Å². The predicted molar refractivity (Wildman–Crippen MR) is 87.1 cm³/mol. The van der Waals surface area contributed by atoms with Gasteiger partial charge in [0, 0.05) is 25.3 Å². The second-order valence-electron chi connectivity index (χ2n) is 5.71. The van der Waals surface area contributed by atoms with Gasteiger partial charge in [0.2, 0.25) is 0 Å². The first-order valence-corrected chi connectivity index (χ1v) is 7.26. The summed E-state index contributed by atoms with van der Waals surface area (Å²) in [5.74, 6) is -0.209. The van der Waals surface area contributed by atoms with Crippen LogP contribution < -0.4 is 10.6 Å². The minimum atomic E-state index is -0.209. The fourth-order valence-corrected chi connectivity index (χ4v) is 2.55. The Morgan fingerprint density at radius 2 is 1.62 bits per heavy atom. The highest BCUT2D eigenvalue weighted by molar-refractivity contribution is 5.45. The van der Waals surface area contributed by atoms with Crippen LogP contribution in [0.2, 0.25) is 0 Å². The third-order valence-corrected chi connectivity index (χ3v) is 3.72. The molecule has 2 nitrogen and oxygen atoms in total. The van der Waals surface area contributed by atoms with Crippen LogP contribution in [0.15, 0.2) is 42.5 Å². The minimum absolute atomic E-state index is 0.0199. The smallest absolute Gasteiger partial charge is 0.123 e. The molecule has 0 aliphatic heterocycles. The van der Waals surface area contributed by atoms with Gasteiger partial charge in [-0.05, 0) is 50.1 Å².